The first-order valence-electron chi connectivity index (χ1n) is 5.96. The van der Waals surface area contributed by atoms with Crippen molar-refractivity contribution in [2.75, 3.05) is 18.4 Å². The first-order chi connectivity index (χ1) is 8.29. The molecule has 0 radical (unpaired) electrons. The van der Waals surface area contributed by atoms with E-state index in [1.165, 1.54) is 25.0 Å². The summed E-state index contributed by atoms with van der Waals surface area (Å²) in [6, 6.07) is 6.83. The number of benzene rings is 1. The molecule has 17 heavy (non-hydrogen) atoms. The molecular formula is C13H16FN3. The number of hydrogen-bond acceptors (Lipinski definition) is 3. The standard InChI is InChI=1S/C13H16FN3/c14-11-3-4-13(10(8-11)9-15)17-7-5-12-2-1-6-16-12/h3-4,8,12,16-17H,1-2,5-7H2. The van der Waals surface area contributed by atoms with Crippen molar-refractivity contribution in [1.29, 1.82) is 5.26 Å². The molecule has 1 unspecified atom stereocenters. The molecule has 1 aliphatic heterocycles. The molecule has 1 aromatic carbocycles. The molecule has 90 valence electrons. The van der Waals surface area contributed by atoms with Gasteiger partial charge in [0.05, 0.1) is 11.3 Å². The summed E-state index contributed by atoms with van der Waals surface area (Å²) < 4.78 is 12.9. The minimum absolute atomic E-state index is 0.365. The van der Waals surface area contributed by atoms with Gasteiger partial charge in [0, 0.05) is 12.6 Å². The number of halogens is 1. The zero-order chi connectivity index (χ0) is 12.1. The van der Waals surface area contributed by atoms with Gasteiger partial charge in [-0.1, -0.05) is 0 Å². The molecule has 1 aromatic rings. The second kappa shape index (κ2) is 5.65. The van der Waals surface area contributed by atoms with Crippen LogP contribution in [0.1, 0.15) is 24.8 Å². The van der Waals surface area contributed by atoms with Crippen molar-refractivity contribution < 1.29 is 4.39 Å². The van der Waals surface area contributed by atoms with Gasteiger partial charge >= 0.3 is 0 Å². The van der Waals surface area contributed by atoms with E-state index in [0.717, 1.165) is 19.5 Å². The van der Waals surface area contributed by atoms with Crippen LogP contribution >= 0.6 is 0 Å². The lowest BCUT2D eigenvalue weighted by molar-refractivity contribution is 0.574. The van der Waals surface area contributed by atoms with Crippen LogP contribution in [0.2, 0.25) is 0 Å². The Balaban J connectivity index is 1.88. The number of hydrogen-bond donors (Lipinski definition) is 2. The predicted molar refractivity (Wildman–Crippen MR) is 65.2 cm³/mol. The Morgan fingerprint density at radius 2 is 2.41 bits per heavy atom. The predicted octanol–water partition coefficient (Wildman–Crippen LogP) is 2.25. The smallest absolute Gasteiger partial charge is 0.124 e. The molecular weight excluding hydrogens is 217 g/mol. The van der Waals surface area contributed by atoms with Gasteiger partial charge in [0.1, 0.15) is 11.9 Å². The summed E-state index contributed by atoms with van der Waals surface area (Å²) in [4.78, 5) is 0. The molecule has 0 saturated carbocycles. The van der Waals surface area contributed by atoms with Crippen molar-refractivity contribution in [2.45, 2.75) is 25.3 Å². The number of anilines is 1. The van der Waals surface area contributed by atoms with Crippen LogP contribution in [-0.2, 0) is 0 Å². The summed E-state index contributed by atoms with van der Waals surface area (Å²) in [5, 5.41) is 15.5. The minimum Gasteiger partial charge on any atom is -0.384 e. The maximum absolute atomic E-state index is 12.9. The molecule has 0 bridgehead atoms. The number of rotatable bonds is 4. The quantitative estimate of drug-likeness (QED) is 0.838. The lowest BCUT2D eigenvalue weighted by Gasteiger charge is -2.12. The van der Waals surface area contributed by atoms with E-state index in [-0.39, 0.29) is 5.82 Å². The molecule has 0 aliphatic carbocycles. The van der Waals surface area contributed by atoms with Crippen molar-refractivity contribution in [3.05, 3.63) is 29.6 Å². The van der Waals surface area contributed by atoms with Crippen LogP contribution < -0.4 is 10.6 Å². The molecule has 0 amide bonds. The van der Waals surface area contributed by atoms with Crippen molar-refractivity contribution in [3.8, 4) is 6.07 Å². The highest BCUT2D eigenvalue weighted by Crippen LogP contribution is 2.16. The van der Waals surface area contributed by atoms with Crippen LogP contribution in [-0.4, -0.2) is 19.1 Å². The van der Waals surface area contributed by atoms with Crippen LogP contribution in [0.3, 0.4) is 0 Å². The van der Waals surface area contributed by atoms with E-state index in [1.54, 1.807) is 6.07 Å². The number of nitrogens with zero attached hydrogens (tertiary/aromatic N) is 1. The van der Waals surface area contributed by atoms with Crippen molar-refractivity contribution >= 4 is 5.69 Å². The molecule has 1 atom stereocenters. The molecule has 0 spiro atoms. The van der Waals surface area contributed by atoms with E-state index < -0.39 is 0 Å². The lowest BCUT2D eigenvalue weighted by Crippen LogP contribution is -2.24. The third-order valence-corrected chi connectivity index (χ3v) is 3.07. The second-order valence-electron chi connectivity index (χ2n) is 4.31. The molecule has 2 rings (SSSR count). The highest BCUT2D eigenvalue weighted by atomic mass is 19.1. The van der Waals surface area contributed by atoms with E-state index in [9.17, 15) is 4.39 Å². The van der Waals surface area contributed by atoms with Gasteiger partial charge in [-0.05, 0) is 44.0 Å². The highest BCUT2D eigenvalue weighted by molar-refractivity contribution is 5.57. The van der Waals surface area contributed by atoms with Gasteiger partial charge < -0.3 is 10.6 Å². The zero-order valence-corrected chi connectivity index (χ0v) is 9.67. The molecule has 0 aromatic heterocycles. The summed E-state index contributed by atoms with van der Waals surface area (Å²) in [5.41, 5.74) is 1.08. The fourth-order valence-corrected chi connectivity index (χ4v) is 2.15. The van der Waals surface area contributed by atoms with Crippen molar-refractivity contribution in [3.63, 3.8) is 0 Å². The summed E-state index contributed by atoms with van der Waals surface area (Å²) in [6.45, 7) is 1.91. The largest absolute Gasteiger partial charge is 0.384 e. The molecule has 1 aliphatic rings. The average molecular weight is 233 g/mol. The molecule has 3 nitrogen and oxygen atoms in total. The van der Waals surface area contributed by atoms with E-state index >= 15 is 0 Å². The molecule has 1 heterocycles. The Morgan fingerprint density at radius 3 is 3.12 bits per heavy atom. The van der Waals surface area contributed by atoms with Crippen LogP contribution in [0, 0.1) is 17.1 Å². The van der Waals surface area contributed by atoms with Crippen LogP contribution in [0.25, 0.3) is 0 Å². The van der Waals surface area contributed by atoms with Gasteiger partial charge in [0.2, 0.25) is 0 Å². The van der Waals surface area contributed by atoms with Crippen LogP contribution in [0.4, 0.5) is 10.1 Å². The summed E-state index contributed by atoms with van der Waals surface area (Å²) >= 11 is 0. The Bertz CT molecular complexity index is 419. The van der Waals surface area contributed by atoms with Crippen molar-refractivity contribution in [1.82, 2.24) is 5.32 Å². The Morgan fingerprint density at radius 1 is 1.53 bits per heavy atom. The third kappa shape index (κ3) is 3.18. The fraction of sp³-hybridized carbons (Fsp3) is 0.462. The van der Waals surface area contributed by atoms with Gasteiger partial charge in [0.25, 0.3) is 0 Å². The second-order valence-corrected chi connectivity index (χ2v) is 4.31. The highest BCUT2D eigenvalue weighted by Gasteiger charge is 2.13. The van der Waals surface area contributed by atoms with E-state index in [2.05, 4.69) is 10.6 Å². The Hall–Kier alpha value is -1.60. The Labute approximate surface area is 101 Å². The summed E-state index contributed by atoms with van der Waals surface area (Å²) in [5.74, 6) is -0.371. The first-order valence-corrected chi connectivity index (χ1v) is 5.96. The van der Waals surface area contributed by atoms with Gasteiger partial charge in [0.15, 0.2) is 0 Å². The molecule has 1 saturated heterocycles. The first kappa shape index (κ1) is 11.9. The fourth-order valence-electron chi connectivity index (χ4n) is 2.15. The van der Waals surface area contributed by atoms with Crippen molar-refractivity contribution in [2.24, 2.45) is 0 Å². The van der Waals surface area contributed by atoms with E-state index in [4.69, 9.17) is 5.26 Å². The van der Waals surface area contributed by atoms with Gasteiger partial charge in [-0.25, -0.2) is 4.39 Å². The summed E-state index contributed by atoms with van der Waals surface area (Å²) in [7, 11) is 0. The number of nitrogens with one attached hydrogen (secondary N) is 2. The average Bonchev–Trinajstić information content (AvgIpc) is 2.84. The molecule has 1 fully saturated rings. The number of nitriles is 1. The van der Waals surface area contributed by atoms with E-state index in [0.29, 0.717) is 17.3 Å². The maximum atomic E-state index is 12.9. The zero-order valence-electron chi connectivity index (χ0n) is 9.67. The van der Waals surface area contributed by atoms with Gasteiger partial charge in [-0.2, -0.15) is 5.26 Å². The minimum atomic E-state index is -0.371. The third-order valence-electron chi connectivity index (χ3n) is 3.07. The molecule has 2 N–H and O–H groups in total. The monoisotopic (exact) mass is 233 g/mol. The topological polar surface area (TPSA) is 47.9 Å². The Kier molecular flexibility index (Phi) is 3.94. The maximum Gasteiger partial charge on any atom is 0.124 e. The lowest BCUT2D eigenvalue weighted by atomic mass is 10.1. The van der Waals surface area contributed by atoms with Gasteiger partial charge in [-0.3, -0.25) is 0 Å². The van der Waals surface area contributed by atoms with E-state index in [1.807, 2.05) is 6.07 Å². The molecule has 4 heteroatoms. The van der Waals surface area contributed by atoms with Gasteiger partial charge in [-0.15, -0.1) is 0 Å². The van der Waals surface area contributed by atoms with Crippen LogP contribution in [0.5, 0.6) is 0 Å². The van der Waals surface area contributed by atoms with Crippen LogP contribution in [0.15, 0.2) is 18.2 Å². The summed E-state index contributed by atoms with van der Waals surface area (Å²) in [6.07, 6.45) is 3.49. The normalized spacial score (nSPS) is 18.9. The SMILES string of the molecule is N#Cc1cc(F)ccc1NCCC1CCCN1.